The fourth-order valence-electron chi connectivity index (χ4n) is 3.79. The van der Waals surface area contributed by atoms with Crippen LogP contribution in [-0.4, -0.2) is 53.9 Å². The molecule has 0 N–H and O–H groups in total. The van der Waals surface area contributed by atoms with Crippen molar-refractivity contribution in [3.8, 4) is 11.3 Å². The Bertz CT molecular complexity index is 641. The standard InChI is InChI=1S/C17H21N4.HI/c1-21(2)12-14-10-15(21)11-20(14)17-9-8-16(18-19-17)13-6-4-3-5-7-13;/h3-9,14-15H,10-12H2,1-2H3;1H/q+1;/p-1/t14?,15-;/m0./s1. The van der Waals surface area contributed by atoms with E-state index in [9.17, 15) is 0 Å². The van der Waals surface area contributed by atoms with Crippen LogP contribution in [0, 0.1) is 0 Å². The highest BCUT2D eigenvalue weighted by atomic mass is 127. The van der Waals surface area contributed by atoms with Crippen LogP contribution in [0.5, 0.6) is 0 Å². The normalized spacial score (nSPS) is 25.1. The number of nitrogens with zero attached hydrogens (tertiary/aromatic N) is 4. The highest BCUT2D eigenvalue weighted by Crippen LogP contribution is 2.36. The monoisotopic (exact) mass is 408 g/mol. The van der Waals surface area contributed by atoms with Crippen molar-refractivity contribution in [3.63, 3.8) is 0 Å². The summed E-state index contributed by atoms with van der Waals surface area (Å²) in [4.78, 5) is 2.44. The number of fused-ring (bicyclic) bond motifs is 2. The predicted molar refractivity (Wildman–Crippen MR) is 84.0 cm³/mol. The molecule has 0 amide bonds. The summed E-state index contributed by atoms with van der Waals surface area (Å²) < 4.78 is 1.15. The van der Waals surface area contributed by atoms with Gasteiger partial charge in [-0.3, -0.25) is 0 Å². The average molecular weight is 408 g/mol. The Kier molecular flexibility index (Phi) is 4.11. The molecule has 2 atom stereocenters. The molecule has 0 radical (unpaired) electrons. The molecular weight excluding hydrogens is 387 g/mol. The van der Waals surface area contributed by atoms with Gasteiger partial charge in [0.25, 0.3) is 0 Å². The summed E-state index contributed by atoms with van der Waals surface area (Å²) in [6, 6.07) is 15.8. The first-order valence-electron chi connectivity index (χ1n) is 7.62. The topological polar surface area (TPSA) is 29.0 Å². The second-order valence-electron chi connectivity index (χ2n) is 6.80. The van der Waals surface area contributed by atoms with Gasteiger partial charge in [0, 0.05) is 12.0 Å². The van der Waals surface area contributed by atoms with E-state index in [2.05, 4.69) is 53.5 Å². The van der Waals surface area contributed by atoms with Crippen LogP contribution < -0.4 is 28.9 Å². The number of hydrogen-bond donors (Lipinski definition) is 0. The van der Waals surface area contributed by atoms with E-state index in [0.29, 0.717) is 6.04 Å². The molecule has 5 heteroatoms. The summed E-state index contributed by atoms with van der Waals surface area (Å²) in [7, 11) is 4.68. The van der Waals surface area contributed by atoms with Crippen molar-refractivity contribution >= 4 is 5.82 Å². The average Bonchev–Trinajstić information content (AvgIpc) is 3.04. The lowest BCUT2D eigenvalue weighted by Crippen LogP contribution is -3.00. The molecule has 0 spiro atoms. The number of piperazine rings is 1. The van der Waals surface area contributed by atoms with Crippen molar-refractivity contribution in [3.05, 3.63) is 42.5 Å². The molecule has 3 heterocycles. The van der Waals surface area contributed by atoms with Crippen molar-refractivity contribution in [1.29, 1.82) is 0 Å². The van der Waals surface area contributed by atoms with E-state index in [0.717, 1.165) is 34.1 Å². The molecule has 4 nitrogen and oxygen atoms in total. The van der Waals surface area contributed by atoms with E-state index in [4.69, 9.17) is 0 Å². The molecule has 116 valence electrons. The van der Waals surface area contributed by atoms with Gasteiger partial charge in [-0.2, -0.15) is 0 Å². The van der Waals surface area contributed by atoms with Gasteiger partial charge in [0.1, 0.15) is 6.04 Å². The van der Waals surface area contributed by atoms with Gasteiger partial charge in [-0.05, 0) is 12.1 Å². The van der Waals surface area contributed by atoms with Crippen molar-refractivity contribution in [2.45, 2.75) is 18.5 Å². The SMILES string of the molecule is C[N+]1(C)CC2C[C@H]1CN2c1ccc(-c2ccccc2)nn1.[I-]. The summed E-state index contributed by atoms with van der Waals surface area (Å²) in [5, 5.41) is 8.89. The van der Waals surface area contributed by atoms with Crippen molar-refractivity contribution in [1.82, 2.24) is 10.2 Å². The second kappa shape index (κ2) is 5.77. The summed E-state index contributed by atoms with van der Waals surface area (Å²) in [5.74, 6) is 1.03. The number of anilines is 1. The van der Waals surface area contributed by atoms with Crippen LogP contribution in [0.1, 0.15) is 6.42 Å². The van der Waals surface area contributed by atoms with Gasteiger partial charge in [-0.25, -0.2) is 0 Å². The van der Waals surface area contributed by atoms with Gasteiger partial charge >= 0.3 is 0 Å². The van der Waals surface area contributed by atoms with Crippen molar-refractivity contribution in [2.75, 3.05) is 32.1 Å². The van der Waals surface area contributed by atoms with Gasteiger partial charge in [-0.15, -0.1) is 10.2 Å². The molecule has 22 heavy (non-hydrogen) atoms. The van der Waals surface area contributed by atoms with E-state index < -0.39 is 0 Å². The molecule has 0 saturated carbocycles. The number of aromatic nitrogens is 2. The van der Waals surface area contributed by atoms with Crippen molar-refractivity contribution in [2.24, 2.45) is 0 Å². The van der Waals surface area contributed by atoms with E-state index >= 15 is 0 Å². The maximum Gasteiger partial charge on any atom is 0.151 e. The molecule has 4 rings (SSSR count). The fraction of sp³-hybridized carbons (Fsp3) is 0.412. The Morgan fingerprint density at radius 2 is 1.82 bits per heavy atom. The van der Waals surface area contributed by atoms with Gasteiger partial charge in [0.05, 0.1) is 38.9 Å². The molecule has 2 aliphatic heterocycles. The largest absolute Gasteiger partial charge is 1.00 e. The summed E-state index contributed by atoms with van der Waals surface area (Å²) in [6.07, 6.45) is 1.29. The lowest BCUT2D eigenvalue weighted by molar-refractivity contribution is -0.903. The minimum absolute atomic E-state index is 0. The number of benzene rings is 1. The zero-order valence-corrected chi connectivity index (χ0v) is 15.1. The van der Waals surface area contributed by atoms with Crippen LogP contribution >= 0.6 is 0 Å². The first-order chi connectivity index (χ1) is 10.1. The first kappa shape index (κ1) is 15.7. The van der Waals surface area contributed by atoms with Crippen LogP contribution in [0.25, 0.3) is 11.3 Å². The van der Waals surface area contributed by atoms with Crippen molar-refractivity contribution < 1.29 is 28.5 Å². The minimum Gasteiger partial charge on any atom is -1.00 e. The van der Waals surface area contributed by atoms with E-state index in [-0.39, 0.29) is 24.0 Å². The first-order valence-corrected chi connectivity index (χ1v) is 7.62. The minimum atomic E-state index is 0. The van der Waals surface area contributed by atoms with Crippen LogP contribution in [-0.2, 0) is 0 Å². The quantitative estimate of drug-likeness (QED) is 0.481. The molecule has 2 fully saturated rings. The highest BCUT2D eigenvalue weighted by Gasteiger charge is 2.50. The Balaban J connectivity index is 0.00000144. The molecular formula is C17H21IN4. The molecule has 2 aliphatic rings. The van der Waals surface area contributed by atoms with Crippen LogP contribution in [0.3, 0.4) is 0 Å². The van der Waals surface area contributed by atoms with E-state index in [1.54, 1.807) is 0 Å². The third-order valence-electron chi connectivity index (χ3n) is 5.08. The van der Waals surface area contributed by atoms with E-state index in [1.807, 2.05) is 18.2 Å². The van der Waals surface area contributed by atoms with Crippen LogP contribution in [0.2, 0.25) is 0 Å². The number of halogens is 1. The summed E-state index contributed by atoms with van der Waals surface area (Å²) in [6.45, 7) is 2.32. The zero-order chi connectivity index (χ0) is 14.4. The third kappa shape index (κ3) is 2.60. The second-order valence-corrected chi connectivity index (χ2v) is 6.80. The van der Waals surface area contributed by atoms with Crippen LogP contribution in [0.15, 0.2) is 42.5 Å². The lowest BCUT2D eigenvalue weighted by atomic mass is 10.1. The van der Waals surface area contributed by atoms with Gasteiger partial charge in [0.15, 0.2) is 5.82 Å². The van der Waals surface area contributed by atoms with E-state index in [1.165, 1.54) is 13.0 Å². The van der Waals surface area contributed by atoms with Gasteiger partial charge in [-0.1, -0.05) is 30.3 Å². The molecule has 2 saturated heterocycles. The number of hydrogen-bond acceptors (Lipinski definition) is 3. The molecule has 1 aromatic carbocycles. The molecule has 1 aromatic heterocycles. The van der Waals surface area contributed by atoms with Gasteiger partial charge < -0.3 is 33.4 Å². The summed E-state index contributed by atoms with van der Waals surface area (Å²) in [5.41, 5.74) is 2.07. The Labute approximate surface area is 148 Å². The molecule has 1 unspecified atom stereocenters. The maximum absolute atomic E-state index is 4.47. The Morgan fingerprint density at radius 1 is 1.05 bits per heavy atom. The number of likely N-dealkylation sites (tertiary alicyclic amines) is 1. The lowest BCUT2D eigenvalue weighted by Gasteiger charge is -2.38. The molecule has 0 aliphatic carbocycles. The third-order valence-corrected chi connectivity index (χ3v) is 5.08. The van der Waals surface area contributed by atoms with Gasteiger partial charge in [0.2, 0.25) is 0 Å². The van der Waals surface area contributed by atoms with Crippen LogP contribution in [0.4, 0.5) is 5.82 Å². The summed E-state index contributed by atoms with van der Waals surface area (Å²) >= 11 is 0. The molecule has 2 bridgehead atoms. The Morgan fingerprint density at radius 3 is 2.36 bits per heavy atom. The predicted octanol–water partition coefficient (Wildman–Crippen LogP) is -0.815. The number of quaternary nitrogens is 1. The maximum atomic E-state index is 4.47. The zero-order valence-electron chi connectivity index (χ0n) is 13.0. The molecule has 2 aromatic rings. The smallest absolute Gasteiger partial charge is 0.151 e. The fourth-order valence-corrected chi connectivity index (χ4v) is 3.79. The Hall–Kier alpha value is -1.21. The number of rotatable bonds is 2. The highest BCUT2D eigenvalue weighted by molar-refractivity contribution is 5.59. The number of likely N-dealkylation sites (N-methyl/N-ethyl adjacent to an activating group) is 1.